The summed E-state index contributed by atoms with van der Waals surface area (Å²) >= 11 is 3.42. The zero-order chi connectivity index (χ0) is 15.5. The van der Waals surface area contributed by atoms with Gasteiger partial charge in [-0.2, -0.15) is 5.10 Å². The molecule has 22 heavy (non-hydrogen) atoms. The van der Waals surface area contributed by atoms with Gasteiger partial charge in [0, 0.05) is 11.0 Å². The van der Waals surface area contributed by atoms with Crippen molar-refractivity contribution in [3.8, 4) is 17.3 Å². The van der Waals surface area contributed by atoms with Gasteiger partial charge in [-0.15, -0.1) is 0 Å². The summed E-state index contributed by atoms with van der Waals surface area (Å²) in [6, 6.07) is 17.6. The number of nitrogens with zero attached hydrogens (tertiary/aromatic N) is 2. The van der Waals surface area contributed by atoms with Crippen LogP contribution in [-0.2, 0) is 6.54 Å². The molecule has 0 fully saturated rings. The molecule has 0 aliphatic rings. The quantitative estimate of drug-likeness (QED) is 0.761. The number of rotatable bonds is 4. The summed E-state index contributed by atoms with van der Waals surface area (Å²) in [5.74, 6) is 1.41. The van der Waals surface area contributed by atoms with Crippen LogP contribution in [0.1, 0.15) is 11.3 Å². The van der Waals surface area contributed by atoms with Crippen molar-refractivity contribution in [3.05, 3.63) is 70.3 Å². The summed E-state index contributed by atoms with van der Waals surface area (Å²) in [7, 11) is 0. The number of para-hydroxylation sites is 1. The molecule has 0 saturated carbocycles. The van der Waals surface area contributed by atoms with Gasteiger partial charge in [0.1, 0.15) is 5.75 Å². The highest BCUT2D eigenvalue weighted by atomic mass is 79.9. The van der Waals surface area contributed by atoms with Crippen molar-refractivity contribution in [2.24, 2.45) is 5.73 Å². The normalized spacial score (nSPS) is 10.7. The third-order valence-corrected chi connectivity index (χ3v) is 3.90. The lowest BCUT2D eigenvalue weighted by atomic mass is 10.2. The van der Waals surface area contributed by atoms with Crippen LogP contribution in [-0.4, -0.2) is 9.78 Å². The van der Waals surface area contributed by atoms with Crippen LogP contribution in [0.25, 0.3) is 5.69 Å². The Kier molecular flexibility index (Phi) is 4.27. The molecule has 5 heteroatoms. The van der Waals surface area contributed by atoms with Crippen molar-refractivity contribution in [1.82, 2.24) is 9.78 Å². The van der Waals surface area contributed by atoms with E-state index in [1.807, 2.05) is 61.5 Å². The highest BCUT2D eigenvalue weighted by Gasteiger charge is 2.17. The fourth-order valence-electron chi connectivity index (χ4n) is 2.24. The lowest BCUT2D eigenvalue weighted by Crippen LogP contribution is -2.02. The molecule has 0 amide bonds. The minimum atomic E-state index is 0.379. The van der Waals surface area contributed by atoms with Gasteiger partial charge >= 0.3 is 0 Å². The summed E-state index contributed by atoms with van der Waals surface area (Å²) in [6.07, 6.45) is 0. The zero-order valence-corrected chi connectivity index (χ0v) is 13.7. The molecule has 0 spiro atoms. The molecule has 3 rings (SSSR count). The Morgan fingerprint density at radius 2 is 1.77 bits per heavy atom. The lowest BCUT2D eigenvalue weighted by Gasteiger charge is -2.10. The monoisotopic (exact) mass is 357 g/mol. The molecule has 112 valence electrons. The Morgan fingerprint density at radius 1 is 1.09 bits per heavy atom. The molecule has 2 N–H and O–H groups in total. The molecule has 0 unspecified atom stereocenters. The molecule has 4 nitrogen and oxygen atoms in total. The van der Waals surface area contributed by atoms with Gasteiger partial charge in [-0.1, -0.05) is 34.1 Å². The van der Waals surface area contributed by atoms with E-state index in [2.05, 4.69) is 21.0 Å². The zero-order valence-electron chi connectivity index (χ0n) is 12.2. The molecule has 1 heterocycles. The lowest BCUT2D eigenvalue weighted by molar-refractivity contribution is 0.439. The molecule has 2 aromatic carbocycles. The Labute approximate surface area is 137 Å². The van der Waals surface area contributed by atoms with Crippen LogP contribution in [0.15, 0.2) is 59.1 Å². The van der Waals surface area contributed by atoms with Gasteiger partial charge in [0.25, 0.3) is 0 Å². The predicted molar refractivity (Wildman–Crippen MR) is 90.4 cm³/mol. The van der Waals surface area contributed by atoms with Crippen molar-refractivity contribution in [3.63, 3.8) is 0 Å². The van der Waals surface area contributed by atoms with Crippen LogP contribution < -0.4 is 10.5 Å². The number of aromatic nitrogens is 2. The number of ether oxygens (including phenoxy) is 1. The summed E-state index contributed by atoms with van der Waals surface area (Å²) in [5, 5.41) is 4.57. The summed E-state index contributed by atoms with van der Waals surface area (Å²) in [6.45, 7) is 2.32. The third-order valence-electron chi connectivity index (χ3n) is 3.37. The maximum Gasteiger partial charge on any atom is 0.227 e. The van der Waals surface area contributed by atoms with Gasteiger partial charge in [0.15, 0.2) is 0 Å². The van der Waals surface area contributed by atoms with Crippen molar-refractivity contribution in [2.45, 2.75) is 13.5 Å². The second kappa shape index (κ2) is 6.34. The SMILES string of the molecule is Cc1nn(-c2ccccc2)c(Oc2ccc(Br)cc2)c1CN. The maximum absolute atomic E-state index is 6.06. The Morgan fingerprint density at radius 3 is 2.41 bits per heavy atom. The molecule has 0 aliphatic carbocycles. The number of hydrogen-bond acceptors (Lipinski definition) is 3. The van der Waals surface area contributed by atoms with Crippen LogP contribution in [0.5, 0.6) is 11.6 Å². The van der Waals surface area contributed by atoms with Crippen LogP contribution in [0.4, 0.5) is 0 Å². The minimum absolute atomic E-state index is 0.379. The van der Waals surface area contributed by atoms with E-state index >= 15 is 0 Å². The maximum atomic E-state index is 6.06. The molecule has 0 bridgehead atoms. The second-order valence-electron chi connectivity index (χ2n) is 4.88. The van der Waals surface area contributed by atoms with E-state index in [9.17, 15) is 0 Å². The summed E-state index contributed by atoms with van der Waals surface area (Å²) in [5.41, 5.74) is 8.60. The number of benzene rings is 2. The smallest absolute Gasteiger partial charge is 0.227 e. The Balaban J connectivity index is 2.06. The highest BCUT2D eigenvalue weighted by molar-refractivity contribution is 9.10. The minimum Gasteiger partial charge on any atom is -0.439 e. The molecule has 1 aromatic heterocycles. The number of aryl methyl sites for hydroxylation is 1. The predicted octanol–water partition coefficient (Wildman–Crippen LogP) is 4.19. The molecule has 0 aliphatic heterocycles. The molecule has 0 saturated heterocycles. The highest BCUT2D eigenvalue weighted by Crippen LogP contribution is 2.30. The van der Waals surface area contributed by atoms with Gasteiger partial charge in [-0.3, -0.25) is 0 Å². The van der Waals surface area contributed by atoms with E-state index in [0.29, 0.717) is 12.4 Å². The van der Waals surface area contributed by atoms with Crippen molar-refractivity contribution in [2.75, 3.05) is 0 Å². The number of nitrogens with two attached hydrogens (primary N) is 1. The standard InChI is InChI=1S/C17H16BrN3O/c1-12-16(11-19)17(22-15-9-7-13(18)8-10-15)21(20-12)14-5-3-2-4-6-14/h2-10H,11,19H2,1H3. The number of halogens is 1. The Bertz CT molecular complexity index is 767. The van der Waals surface area contributed by atoms with Crippen molar-refractivity contribution >= 4 is 15.9 Å². The molecule has 0 atom stereocenters. The first-order valence-electron chi connectivity index (χ1n) is 6.96. The van der Waals surface area contributed by atoms with Gasteiger partial charge < -0.3 is 10.5 Å². The molecular formula is C17H16BrN3O. The fourth-order valence-corrected chi connectivity index (χ4v) is 2.50. The second-order valence-corrected chi connectivity index (χ2v) is 5.79. The first kappa shape index (κ1) is 14.8. The third kappa shape index (κ3) is 2.91. The van der Waals surface area contributed by atoms with E-state index in [1.165, 1.54) is 0 Å². The van der Waals surface area contributed by atoms with Crippen LogP contribution in [0.2, 0.25) is 0 Å². The van der Waals surface area contributed by atoms with Crippen LogP contribution in [0.3, 0.4) is 0 Å². The van der Waals surface area contributed by atoms with E-state index in [0.717, 1.165) is 27.2 Å². The molecule has 0 radical (unpaired) electrons. The average Bonchev–Trinajstić information content (AvgIpc) is 2.86. The van der Waals surface area contributed by atoms with Gasteiger partial charge in [-0.05, 0) is 43.3 Å². The van der Waals surface area contributed by atoms with Gasteiger partial charge in [-0.25, -0.2) is 4.68 Å². The van der Waals surface area contributed by atoms with E-state index in [-0.39, 0.29) is 0 Å². The van der Waals surface area contributed by atoms with Gasteiger partial charge in [0.05, 0.1) is 16.9 Å². The fraction of sp³-hybridized carbons (Fsp3) is 0.118. The van der Waals surface area contributed by atoms with E-state index < -0.39 is 0 Å². The summed E-state index contributed by atoms with van der Waals surface area (Å²) < 4.78 is 8.86. The van der Waals surface area contributed by atoms with Crippen LogP contribution in [0, 0.1) is 6.92 Å². The van der Waals surface area contributed by atoms with Crippen molar-refractivity contribution in [1.29, 1.82) is 0 Å². The first-order chi connectivity index (χ1) is 10.7. The van der Waals surface area contributed by atoms with Crippen molar-refractivity contribution < 1.29 is 4.74 Å². The van der Waals surface area contributed by atoms with Crippen LogP contribution >= 0.6 is 15.9 Å². The summed E-state index contributed by atoms with van der Waals surface area (Å²) in [4.78, 5) is 0. The largest absolute Gasteiger partial charge is 0.439 e. The Hall–Kier alpha value is -2.11. The van der Waals surface area contributed by atoms with E-state index in [4.69, 9.17) is 10.5 Å². The first-order valence-corrected chi connectivity index (χ1v) is 7.75. The van der Waals surface area contributed by atoms with Gasteiger partial charge in [0.2, 0.25) is 5.88 Å². The number of hydrogen-bond donors (Lipinski definition) is 1. The average molecular weight is 358 g/mol. The topological polar surface area (TPSA) is 53.1 Å². The van der Waals surface area contributed by atoms with E-state index in [1.54, 1.807) is 4.68 Å². The molecule has 3 aromatic rings. The molecular weight excluding hydrogens is 342 g/mol.